The van der Waals surface area contributed by atoms with Crippen molar-refractivity contribution in [2.75, 3.05) is 13.1 Å². The Morgan fingerprint density at radius 3 is 3.09 bits per heavy atom. The van der Waals surface area contributed by atoms with Crippen LogP contribution < -0.4 is 11.1 Å². The summed E-state index contributed by atoms with van der Waals surface area (Å²) < 4.78 is 0. The lowest BCUT2D eigenvalue weighted by Crippen LogP contribution is -2.32. The minimum absolute atomic E-state index is 0.331. The van der Waals surface area contributed by atoms with Gasteiger partial charge in [-0.2, -0.15) is 5.10 Å². The van der Waals surface area contributed by atoms with Gasteiger partial charge < -0.3 is 11.1 Å². The first kappa shape index (κ1) is 14.4. The highest BCUT2D eigenvalue weighted by atomic mass is 16.1. The number of aromatic nitrogens is 2. The number of rotatable bonds is 3. The molecule has 23 heavy (non-hydrogen) atoms. The van der Waals surface area contributed by atoms with Gasteiger partial charge in [-0.05, 0) is 23.6 Å². The molecule has 0 fully saturated rings. The van der Waals surface area contributed by atoms with Crippen molar-refractivity contribution in [2.45, 2.75) is 32.5 Å². The number of nitrogens with zero attached hydrogens (tertiary/aromatic N) is 2. The van der Waals surface area contributed by atoms with E-state index < -0.39 is 0 Å². The summed E-state index contributed by atoms with van der Waals surface area (Å²) in [6.07, 6.45) is 1.88. The molecule has 1 aromatic heterocycles. The molecule has 3 heterocycles. The lowest BCUT2D eigenvalue weighted by atomic mass is 9.94. The van der Waals surface area contributed by atoms with Crippen LogP contribution in [0.5, 0.6) is 0 Å². The van der Waals surface area contributed by atoms with Gasteiger partial charge in [0.2, 0.25) is 5.91 Å². The number of nitrogens with one attached hydrogen (secondary N) is 2. The quantitative estimate of drug-likeness (QED) is 0.779. The maximum absolute atomic E-state index is 11.6. The van der Waals surface area contributed by atoms with Crippen molar-refractivity contribution in [3.63, 3.8) is 0 Å². The Morgan fingerprint density at radius 2 is 2.22 bits per heavy atom. The van der Waals surface area contributed by atoms with Gasteiger partial charge in [0, 0.05) is 56.0 Å². The molecule has 0 saturated heterocycles. The van der Waals surface area contributed by atoms with E-state index in [4.69, 9.17) is 5.73 Å². The molecule has 2 aliphatic heterocycles. The van der Waals surface area contributed by atoms with Crippen molar-refractivity contribution in [1.29, 1.82) is 0 Å². The summed E-state index contributed by atoms with van der Waals surface area (Å²) in [5, 5.41) is 11.1. The fourth-order valence-corrected chi connectivity index (χ4v) is 3.66. The first-order valence-corrected chi connectivity index (χ1v) is 8.11. The Morgan fingerprint density at radius 1 is 1.30 bits per heavy atom. The van der Waals surface area contributed by atoms with Crippen LogP contribution >= 0.6 is 0 Å². The maximum atomic E-state index is 11.6. The third kappa shape index (κ3) is 2.64. The van der Waals surface area contributed by atoms with Crippen LogP contribution in [0.15, 0.2) is 18.2 Å². The summed E-state index contributed by atoms with van der Waals surface area (Å²) in [6, 6.07) is 5.84. The molecule has 0 saturated carbocycles. The van der Waals surface area contributed by atoms with Gasteiger partial charge in [-0.15, -0.1) is 0 Å². The second-order valence-corrected chi connectivity index (χ2v) is 6.32. The molecule has 1 aromatic carbocycles. The molecule has 2 aliphatic rings. The first-order chi connectivity index (χ1) is 11.2. The number of carbonyl (C=O) groups is 1. The van der Waals surface area contributed by atoms with Gasteiger partial charge in [-0.25, -0.2) is 0 Å². The van der Waals surface area contributed by atoms with E-state index in [1.165, 1.54) is 16.8 Å². The lowest BCUT2D eigenvalue weighted by molar-refractivity contribution is 0.0998. The SMILES string of the molecule is NC(=O)c1cccc2c1CCN(Cc1n[nH]c3c1CNCC3)C2. The van der Waals surface area contributed by atoms with Crippen LogP contribution in [0, 0.1) is 0 Å². The van der Waals surface area contributed by atoms with Crippen LogP contribution in [0.4, 0.5) is 0 Å². The zero-order valence-electron chi connectivity index (χ0n) is 13.1. The standard InChI is InChI=1S/C17H21N5O/c18-17(23)13-3-1-2-11-9-22(7-5-12(11)13)10-16-14-8-19-6-4-15(14)20-21-16/h1-3,19H,4-10H2,(H2,18,23)(H,20,21). The third-order valence-electron chi connectivity index (χ3n) is 4.88. The van der Waals surface area contributed by atoms with Gasteiger partial charge in [0.05, 0.1) is 5.69 Å². The van der Waals surface area contributed by atoms with Crippen molar-refractivity contribution >= 4 is 5.91 Å². The molecule has 1 amide bonds. The minimum Gasteiger partial charge on any atom is -0.366 e. The smallest absolute Gasteiger partial charge is 0.248 e. The largest absolute Gasteiger partial charge is 0.366 e. The fraction of sp³-hybridized carbons (Fsp3) is 0.412. The fourth-order valence-electron chi connectivity index (χ4n) is 3.66. The predicted octanol–water partition coefficient (Wildman–Crippen LogP) is 0.713. The molecule has 0 spiro atoms. The maximum Gasteiger partial charge on any atom is 0.248 e. The number of carbonyl (C=O) groups excluding carboxylic acids is 1. The molecule has 0 radical (unpaired) electrons. The van der Waals surface area contributed by atoms with Crippen molar-refractivity contribution in [3.05, 3.63) is 51.8 Å². The summed E-state index contributed by atoms with van der Waals surface area (Å²) in [6.45, 7) is 4.52. The molecular weight excluding hydrogens is 290 g/mol. The third-order valence-corrected chi connectivity index (χ3v) is 4.88. The molecule has 4 rings (SSSR count). The Bertz CT molecular complexity index is 751. The van der Waals surface area contributed by atoms with Crippen molar-refractivity contribution < 1.29 is 4.79 Å². The summed E-state index contributed by atoms with van der Waals surface area (Å²) in [7, 11) is 0. The number of hydrogen-bond acceptors (Lipinski definition) is 4. The van der Waals surface area contributed by atoms with E-state index in [2.05, 4.69) is 26.5 Å². The molecule has 0 unspecified atom stereocenters. The minimum atomic E-state index is -0.331. The number of primary amides is 1. The molecule has 2 aromatic rings. The predicted molar refractivity (Wildman–Crippen MR) is 86.8 cm³/mol. The average Bonchev–Trinajstić information content (AvgIpc) is 2.97. The van der Waals surface area contributed by atoms with Gasteiger partial charge in [0.15, 0.2) is 0 Å². The summed E-state index contributed by atoms with van der Waals surface area (Å²) in [4.78, 5) is 13.9. The van der Waals surface area contributed by atoms with Gasteiger partial charge in [-0.1, -0.05) is 12.1 Å². The van der Waals surface area contributed by atoms with E-state index >= 15 is 0 Å². The second kappa shape index (κ2) is 5.79. The number of benzene rings is 1. The van der Waals surface area contributed by atoms with Gasteiger partial charge in [0.1, 0.15) is 0 Å². The van der Waals surface area contributed by atoms with E-state index in [9.17, 15) is 4.79 Å². The van der Waals surface area contributed by atoms with Crippen molar-refractivity contribution in [1.82, 2.24) is 20.4 Å². The van der Waals surface area contributed by atoms with Gasteiger partial charge in [0.25, 0.3) is 0 Å². The van der Waals surface area contributed by atoms with E-state index in [0.29, 0.717) is 5.56 Å². The zero-order valence-corrected chi connectivity index (χ0v) is 13.1. The number of fused-ring (bicyclic) bond motifs is 2. The Balaban J connectivity index is 1.54. The number of H-pyrrole nitrogens is 1. The average molecular weight is 311 g/mol. The van der Waals surface area contributed by atoms with Crippen LogP contribution in [-0.4, -0.2) is 34.1 Å². The van der Waals surface area contributed by atoms with E-state index in [1.54, 1.807) is 0 Å². The molecule has 120 valence electrons. The zero-order chi connectivity index (χ0) is 15.8. The van der Waals surface area contributed by atoms with Crippen LogP contribution in [0.25, 0.3) is 0 Å². The Labute approximate surface area is 135 Å². The lowest BCUT2D eigenvalue weighted by Gasteiger charge is -2.29. The Hall–Kier alpha value is -2.18. The van der Waals surface area contributed by atoms with E-state index in [0.717, 1.165) is 56.8 Å². The van der Waals surface area contributed by atoms with Crippen LogP contribution in [0.3, 0.4) is 0 Å². The molecule has 0 bridgehead atoms. The first-order valence-electron chi connectivity index (χ1n) is 8.11. The highest BCUT2D eigenvalue weighted by molar-refractivity contribution is 5.94. The van der Waals surface area contributed by atoms with Crippen molar-refractivity contribution in [3.8, 4) is 0 Å². The van der Waals surface area contributed by atoms with Crippen LogP contribution in [0.1, 0.15) is 38.4 Å². The Kier molecular flexibility index (Phi) is 3.63. The number of aromatic amines is 1. The molecule has 0 aliphatic carbocycles. The van der Waals surface area contributed by atoms with E-state index in [-0.39, 0.29) is 5.91 Å². The topological polar surface area (TPSA) is 87.0 Å². The molecule has 6 heteroatoms. The normalized spacial score (nSPS) is 17.6. The monoisotopic (exact) mass is 311 g/mol. The van der Waals surface area contributed by atoms with Crippen LogP contribution in [0.2, 0.25) is 0 Å². The van der Waals surface area contributed by atoms with Crippen molar-refractivity contribution in [2.24, 2.45) is 5.73 Å². The van der Waals surface area contributed by atoms with E-state index in [1.807, 2.05) is 12.1 Å². The number of amides is 1. The molecule has 4 N–H and O–H groups in total. The van der Waals surface area contributed by atoms with Gasteiger partial charge in [-0.3, -0.25) is 14.8 Å². The second-order valence-electron chi connectivity index (χ2n) is 6.32. The highest BCUT2D eigenvalue weighted by Gasteiger charge is 2.23. The number of nitrogens with two attached hydrogens (primary N) is 1. The highest BCUT2D eigenvalue weighted by Crippen LogP contribution is 2.25. The van der Waals surface area contributed by atoms with Crippen LogP contribution in [-0.2, 0) is 32.5 Å². The molecule has 0 atom stereocenters. The summed E-state index contributed by atoms with van der Waals surface area (Å²) >= 11 is 0. The number of hydrogen-bond donors (Lipinski definition) is 3. The summed E-state index contributed by atoms with van der Waals surface area (Å²) in [5.74, 6) is -0.331. The molecular formula is C17H21N5O. The van der Waals surface area contributed by atoms with Gasteiger partial charge >= 0.3 is 0 Å². The summed E-state index contributed by atoms with van der Waals surface area (Å²) in [5.41, 5.74) is 12.2. The molecule has 6 nitrogen and oxygen atoms in total.